The molecule has 2 heterocycles. The number of carbonyl (C=O) groups is 1. The van der Waals surface area contributed by atoms with Crippen molar-refractivity contribution in [3.05, 3.63) is 46.0 Å². The lowest BCUT2D eigenvalue weighted by molar-refractivity contribution is 0.0972. The predicted molar refractivity (Wildman–Crippen MR) is 83.5 cm³/mol. The van der Waals surface area contributed by atoms with Crippen molar-refractivity contribution < 1.29 is 9.21 Å². The fourth-order valence-corrected chi connectivity index (χ4v) is 2.46. The highest BCUT2D eigenvalue weighted by Crippen LogP contribution is 2.08. The van der Waals surface area contributed by atoms with E-state index in [2.05, 4.69) is 27.1 Å². The third-order valence-electron chi connectivity index (χ3n) is 2.80. The molecule has 0 aliphatic heterocycles. The normalized spacial score (nSPS) is 11.4. The van der Waals surface area contributed by atoms with E-state index in [4.69, 9.17) is 10.2 Å². The Labute approximate surface area is 127 Å². The van der Waals surface area contributed by atoms with Crippen LogP contribution >= 0.6 is 11.3 Å². The Morgan fingerprint density at radius 3 is 2.86 bits per heavy atom. The summed E-state index contributed by atoms with van der Waals surface area (Å²) < 4.78 is 5.29. The highest BCUT2D eigenvalue weighted by Gasteiger charge is 2.07. The number of amides is 1. The van der Waals surface area contributed by atoms with E-state index >= 15 is 0 Å². The molecule has 0 aliphatic rings. The van der Waals surface area contributed by atoms with Crippen LogP contribution in [0.15, 0.2) is 39.1 Å². The smallest absolute Gasteiger partial charge is 0.284 e. The lowest BCUT2D eigenvalue weighted by atomic mass is 10.3. The first kappa shape index (κ1) is 15.1. The first-order valence-corrected chi connectivity index (χ1v) is 7.42. The molecule has 0 saturated carbocycles. The summed E-state index contributed by atoms with van der Waals surface area (Å²) in [6.45, 7) is 1.23. The average Bonchev–Trinajstić information content (AvgIpc) is 3.13. The molecule has 7 heteroatoms. The van der Waals surface area contributed by atoms with Gasteiger partial charge in [0.1, 0.15) is 5.76 Å². The maximum Gasteiger partial charge on any atom is 0.284 e. The quantitative estimate of drug-likeness (QED) is 0.555. The number of primary amides is 1. The van der Waals surface area contributed by atoms with E-state index in [1.54, 1.807) is 30.5 Å². The van der Waals surface area contributed by atoms with Crippen molar-refractivity contribution in [2.75, 3.05) is 13.6 Å². The number of nitrogens with zero attached hydrogens (tertiary/aromatic N) is 1. The molecule has 0 fully saturated rings. The topological polar surface area (TPSA) is 92.6 Å². The van der Waals surface area contributed by atoms with Crippen molar-refractivity contribution in [2.45, 2.75) is 13.0 Å². The minimum Gasteiger partial charge on any atom is -0.454 e. The van der Waals surface area contributed by atoms with E-state index in [0.29, 0.717) is 18.3 Å². The Morgan fingerprint density at radius 2 is 2.24 bits per heavy atom. The summed E-state index contributed by atoms with van der Waals surface area (Å²) in [6.07, 6.45) is 0.949. The van der Waals surface area contributed by atoms with Crippen LogP contribution in [0.2, 0.25) is 0 Å². The summed E-state index contributed by atoms with van der Waals surface area (Å²) in [5, 5.41) is 8.40. The monoisotopic (exact) mass is 306 g/mol. The molecular formula is C14H18N4O2S. The number of hydrogen-bond donors (Lipinski definition) is 3. The van der Waals surface area contributed by atoms with E-state index in [1.165, 1.54) is 4.88 Å². The lowest BCUT2D eigenvalue weighted by Crippen LogP contribution is -2.37. The fourth-order valence-electron chi connectivity index (χ4n) is 1.76. The first-order chi connectivity index (χ1) is 10.2. The standard InChI is InChI=1S/C14H18N4O2S/c1-16-14(17-7-6-11-3-2-8-21-11)18-9-10-4-5-12(20-10)13(15)19/h2-5,8H,6-7,9H2,1H3,(H2,15,19)(H2,16,17,18). The Kier molecular flexibility index (Phi) is 5.39. The number of furan rings is 1. The van der Waals surface area contributed by atoms with Crippen LogP contribution in [0.3, 0.4) is 0 Å². The summed E-state index contributed by atoms with van der Waals surface area (Å²) in [7, 11) is 1.71. The molecule has 4 N–H and O–H groups in total. The number of rotatable bonds is 6. The molecule has 0 saturated heterocycles. The number of hydrogen-bond acceptors (Lipinski definition) is 4. The van der Waals surface area contributed by atoms with Crippen LogP contribution in [0, 0.1) is 0 Å². The number of thiophene rings is 1. The third-order valence-corrected chi connectivity index (χ3v) is 3.74. The Balaban J connectivity index is 1.75. The van der Waals surface area contributed by atoms with Gasteiger partial charge in [-0.25, -0.2) is 0 Å². The molecule has 0 spiro atoms. The summed E-state index contributed by atoms with van der Waals surface area (Å²) >= 11 is 1.74. The molecule has 0 radical (unpaired) electrons. The van der Waals surface area contributed by atoms with Crippen molar-refractivity contribution in [3.63, 3.8) is 0 Å². The molecule has 0 atom stereocenters. The number of aliphatic imine (C=N–C) groups is 1. The lowest BCUT2D eigenvalue weighted by Gasteiger charge is -2.10. The Morgan fingerprint density at radius 1 is 1.38 bits per heavy atom. The van der Waals surface area contributed by atoms with Gasteiger partial charge in [-0.05, 0) is 30.0 Å². The van der Waals surface area contributed by atoms with Crippen molar-refractivity contribution >= 4 is 23.2 Å². The van der Waals surface area contributed by atoms with Crippen molar-refractivity contribution in [1.82, 2.24) is 10.6 Å². The number of nitrogens with one attached hydrogen (secondary N) is 2. The van der Waals surface area contributed by atoms with Gasteiger partial charge >= 0.3 is 0 Å². The highest BCUT2D eigenvalue weighted by atomic mass is 32.1. The van der Waals surface area contributed by atoms with Gasteiger partial charge < -0.3 is 20.8 Å². The van der Waals surface area contributed by atoms with Gasteiger partial charge in [-0.2, -0.15) is 0 Å². The molecule has 2 aromatic heterocycles. The van der Waals surface area contributed by atoms with Crippen LogP contribution in [0.5, 0.6) is 0 Å². The summed E-state index contributed by atoms with van der Waals surface area (Å²) in [5.74, 6) is 0.903. The number of guanidine groups is 1. The highest BCUT2D eigenvalue weighted by molar-refractivity contribution is 7.09. The number of carbonyl (C=O) groups excluding carboxylic acids is 1. The van der Waals surface area contributed by atoms with Crippen LogP contribution in [0.1, 0.15) is 21.2 Å². The summed E-state index contributed by atoms with van der Waals surface area (Å²) in [4.78, 5) is 16.4. The van der Waals surface area contributed by atoms with Crippen LogP contribution < -0.4 is 16.4 Å². The molecule has 0 aromatic carbocycles. The van der Waals surface area contributed by atoms with Gasteiger partial charge in [-0.3, -0.25) is 9.79 Å². The van der Waals surface area contributed by atoms with Gasteiger partial charge in [0, 0.05) is 18.5 Å². The minimum atomic E-state index is -0.570. The van der Waals surface area contributed by atoms with Crippen molar-refractivity contribution in [3.8, 4) is 0 Å². The van der Waals surface area contributed by atoms with E-state index in [1.807, 2.05) is 6.07 Å². The van der Waals surface area contributed by atoms with E-state index in [9.17, 15) is 4.79 Å². The second kappa shape index (κ2) is 7.49. The zero-order valence-corrected chi connectivity index (χ0v) is 12.6. The van der Waals surface area contributed by atoms with Crippen LogP contribution in [0.25, 0.3) is 0 Å². The number of nitrogens with two attached hydrogens (primary N) is 1. The van der Waals surface area contributed by atoms with Gasteiger partial charge in [0.05, 0.1) is 6.54 Å². The van der Waals surface area contributed by atoms with Crippen molar-refractivity contribution in [1.29, 1.82) is 0 Å². The molecule has 0 unspecified atom stereocenters. The van der Waals surface area contributed by atoms with E-state index < -0.39 is 5.91 Å². The molecule has 21 heavy (non-hydrogen) atoms. The second-order valence-electron chi connectivity index (χ2n) is 4.31. The Hall–Kier alpha value is -2.28. The van der Waals surface area contributed by atoms with Gasteiger partial charge in [0.15, 0.2) is 11.7 Å². The van der Waals surface area contributed by atoms with Crippen LogP contribution in [0.4, 0.5) is 0 Å². The van der Waals surface area contributed by atoms with Crippen molar-refractivity contribution in [2.24, 2.45) is 10.7 Å². The van der Waals surface area contributed by atoms with Crippen LogP contribution in [-0.2, 0) is 13.0 Å². The summed E-state index contributed by atoms with van der Waals surface area (Å²) in [6, 6.07) is 7.43. The maximum atomic E-state index is 10.9. The third kappa shape index (κ3) is 4.64. The SMILES string of the molecule is CN=C(NCCc1cccs1)NCc1ccc(C(N)=O)o1. The molecule has 112 valence electrons. The summed E-state index contributed by atoms with van der Waals surface area (Å²) in [5.41, 5.74) is 5.13. The molecule has 2 rings (SSSR count). The van der Waals surface area contributed by atoms with Gasteiger partial charge in [0.2, 0.25) is 0 Å². The molecule has 2 aromatic rings. The largest absolute Gasteiger partial charge is 0.454 e. The second-order valence-corrected chi connectivity index (χ2v) is 5.34. The molecule has 1 amide bonds. The zero-order chi connectivity index (χ0) is 15.1. The molecule has 6 nitrogen and oxygen atoms in total. The first-order valence-electron chi connectivity index (χ1n) is 6.54. The Bertz CT molecular complexity index is 604. The molecular weight excluding hydrogens is 288 g/mol. The van der Waals surface area contributed by atoms with Crippen LogP contribution in [-0.4, -0.2) is 25.5 Å². The molecule has 0 aliphatic carbocycles. The fraction of sp³-hybridized carbons (Fsp3) is 0.286. The van der Waals surface area contributed by atoms with E-state index in [-0.39, 0.29) is 5.76 Å². The average molecular weight is 306 g/mol. The predicted octanol–water partition coefficient (Wildman–Crippen LogP) is 1.35. The van der Waals surface area contributed by atoms with Gasteiger partial charge in [-0.1, -0.05) is 6.07 Å². The maximum absolute atomic E-state index is 10.9. The molecule has 0 bridgehead atoms. The van der Waals surface area contributed by atoms with E-state index in [0.717, 1.165) is 13.0 Å². The zero-order valence-electron chi connectivity index (χ0n) is 11.8. The van der Waals surface area contributed by atoms with Gasteiger partial charge in [-0.15, -0.1) is 11.3 Å². The van der Waals surface area contributed by atoms with Gasteiger partial charge in [0.25, 0.3) is 5.91 Å². The minimum absolute atomic E-state index is 0.160.